The number of benzene rings is 2. The second-order valence-electron chi connectivity index (χ2n) is 5.96. The van der Waals surface area contributed by atoms with Crippen LogP contribution in [0, 0.1) is 13.8 Å². The van der Waals surface area contributed by atoms with Gasteiger partial charge in [-0.15, -0.1) is 0 Å². The molecule has 0 saturated heterocycles. The molecule has 28 heavy (non-hydrogen) atoms. The summed E-state index contributed by atoms with van der Waals surface area (Å²) < 4.78 is 31.1. The molecule has 0 aliphatic carbocycles. The predicted molar refractivity (Wildman–Crippen MR) is 108 cm³/mol. The van der Waals surface area contributed by atoms with Gasteiger partial charge in [0.15, 0.2) is 0 Å². The van der Waals surface area contributed by atoms with Gasteiger partial charge in [0.25, 0.3) is 5.56 Å². The van der Waals surface area contributed by atoms with Crippen LogP contribution in [0.1, 0.15) is 11.1 Å². The molecule has 0 unspecified atom stereocenters. The molecule has 7 nitrogen and oxygen atoms in total. The van der Waals surface area contributed by atoms with Crippen molar-refractivity contribution in [3.63, 3.8) is 0 Å². The molecule has 3 rings (SSSR count). The van der Waals surface area contributed by atoms with Crippen molar-refractivity contribution < 1.29 is 12.6 Å². The third-order valence-corrected chi connectivity index (χ3v) is 6.00. The summed E-state index contributed by atoms with van der Waals surface area (Å²) in [5.74, 6) is -0.702. The molecule has 10 heteroatoms. The second kappa shape index (κ2) is 7.46. The fourth-order valence-corrected chi connectivity index (χ4v) is 3.75. The number of nitrogen functional groups attached to an aromatic ring is 1. The Hall–Kier alpha value is -2.55. The van der Waals surface area contributed by atoms with E-state index in [1.54, 1.807) is 24.3 Å². The van der Waals surface area contributed by atoms with Crippen LogP contribution in [0.5, 0.6) is 5.88 Å². The number of hydrogen-bond donors (Lipinski definition) is 1. The average molecular weight is 440 g/mol. The van der Waals surface area contributed by atoms with E-state index in [-0.39, 0.29) is 32.1 Å². The van der Waals surface area contributed by atoms with Gasteiger partial charge in [-0.2, -0.15) is 13.4 Å². The highest BCUT2D eigenvalue weighted by atomic mass is 35.5. The summed E-state index contributed by atoms with van der Waals surface area (Å²) >= 11 is 12.2. The van der Waals surface area contributed by atoms with Gasteiger partial charge >= 0.3 is 10.1 Å². The summed E-state index contributed by atoms with van der Waals surface area (Å²) in [6.45, 7) is 3.20. The molecule has 146 valence electrons. The summed E-state index contributed by atoms with van der Waals surface area (Å²) in [4.78, 5) is 16.7. The van der Waals surface area contributed by atoms with Gasteiger partial charge in [0, 0.05) is 0 Å². The first-order valence-electron chi connectivity index (χ1n) is 7.96. The van der Waals surface area contributed by atoms with Crippen molar-refractivity contribution in [2.24, 2.45) is 0 Å². The molecule has 0 bridgehead atoms. The molecule has 2 aromatic carbocycles. The summed E-state index contributed by atoms with van der Waals surface area (Å²) in [5, 5.41) is 0.338. The topological polar surface area (TPSA) is 104 Å². The van der Waals surface area contributed by atoms with Crippen LogP contribution in [-0.2, 0) is 10.1 Å². The molecule has 0 fully saturated rings. The largest absolute Gasteiger partial charge is 0.369 e. The fraction of sp³-hybridized carbons (Fsp3) is 0.111. The number of aromatic nitrogens is 2. The lowest BCUT2D eigenvalue weighted by Crippen LogP contribution is -2.27. The van der Waals surface area contributed by atoms with Crippen molar-refractivity contribution in [3.05, 3.63) is 74.0 Å². The molecule has 0 spiro atoms. The van der Waals surface area contributed by atoms with Crippen LogP contribution in [0.4, 0.5) is 5.95 Å². The minimum Gasteiger partial charge on any atom is -0.369 e. The monoisotopic (exact) mass is 439 g/mol. The van der Waals surface area contributed by atoms with E-state index in [1.807, 2.05) is 6.92 Å². The first-order valence-corrected chi connectivity index (χ1v) is 10.1. The van der Waals surface area contributed by atoms with E-state index in [1.165, 1.54) is 25.1 Å². The van der Waals surface area contributed by atoms with E-state index in [0.717, 1.165) is 10.1 Å². The van der Waals surface area contributed by atoms with Crippen molar-refractivity contribution in [1.29, 1.82) is 0 Å². The van der Waals surface area contributed by atoms with Gasteiger partial charge < -0.3 is 9.92 Å². The molecule has 3 aromatic rings. The third-order valence-electron chi connectivity index (χ3n) is 3.96. The van der Waals surface area contributed by atoms with Crippen LogP contribution < -0.4 is 15.5 Å². The predicted octanol–water partition coefficient (Wildman–Crippen LogP) is 3.51. The van der Waals surface area contributed by atoms with Gasteiger partial charge in [-0.05, 0) is 38.1 Å². The number of aryl methyl sites for hydroxylation is 1. The Morgan fingerprint density at radius 3 is 2.36 bits per heavy atom. The SMILES string of the molecule is Cc1ccc(S(=O)(=O)Oc2nc(N)n(-c3cccc(Cl)c3Cl)c(=O)c2C)cc1. The summed E-state index contributed by atoms with van der Waals surface area (Å²) in [5.41, 5.74) is 6.32. The Morgan fingerprint density at radius 1 is 1.07 bits per heavy atom. The molecule has 1 heterocycles. The van der Waals surface area contributed by atoms with E-state index >= 15 is 0 Å². The second-order valence-corrected chi connectivity index (χ2v) is 8.30. The van der Waals surface area contributed by atoms with E-state index < -0.39 is 21.6 Å². The van der Waals surface area contributed by atoms with Crippen molar-refractivity contribution in [1.82, 2.24) is 9.55 Å². The third kappa shape index (κ3) is 3.71. The molecule has 0 aliphatic heterocycles. The molecule has 2 N–H and O–H groups in total. The van der Waals surface area contributed by atoms with Crippen molar-refractivity contribution in [2.45, 2.75) is 18.7 Å². The molecular weight excluding hydrogens is 425 g/mol. The van der Waals surface area contributed by atoms with Crippen LogP contribution in [-0.4, -0.2) is 18.0 Å². The number of hydrogen-bond acceptors (Lipinski definition) is 6. The standard InChI is InChI=1S/C18H15Cl2N3O4S/c1-10-6-8-12(9-7-10)28(25,26)27-16-11(2)17(24)23(18(21)22-16)14-5-3-4-13(19)15(14)20/h3-9H,1-2H3,(H2,21,22). The highest BCUT2D eigenvalue weighted by molar-refractivity contribution is 7.87. The van der Waals surface area contributed by atoms with Gasteiger partial charge in [-0.25, -0.2) is 4.57 Å². The van der Waals surface area contributed by atoms with Gasteiger partial charge in [0.1, 0.15) is 4.90 Å². The lowest BCUT2D eigenvalue weighted by Gasteiger charge is -2.15. The Morgan fingerprint density at radius 2 is 1.71 bits per heavy atom. The molecule has 1 aromatic heterocycles. The number of anilines is 1. The summed E-state index contributed by atoms with van der Waals surface area (Å²) in [7, 11) is -4.19. The lowest BCUT2D eigenvalue weighted by atomic mass is 10.2. The van der Waals surface area contributed by atoms with E-state index in [0.29, 0.717) is 0 Å². The molecule has 0 saturated carbocycles. The maximum absolute atomic E-state index is 12.8. The maximum atomic E-state index is 12.8. The smallest absolute Gasteiger partial charge is 0.340 e. The Labute approximate surface area is 171 Å². The molecular formula is C18H15Cl2N3O4S. The number of nitrogens with zero attached hydrogens (tertiary/aromatic N) is 2. The Kier molecular flexibility index (Phi) is 5.38. The van der Waals surface area contributed by atoms with Crippen LogP contribution in [0.15, 0.2) is 52.2 Å². The zero-order valence-electron chi connectivity index (χ0n) is 14.8. The first kappa shape index (κ1) is 20.2. The molecule has 0 amide bonds. The van der Waals surface area contributed by atoms with E-state index in [2.05, 4.69) is 4.98 Å². The highest BCUT2D eigenvalue weighted by Gasteiger charge is 2.23. The average Bonchev–Trinajstić information content (AvgIpc) is 2.63. The van der Waals surface area contributed by atoms with E-state index in [4.69, 9.17) is 33.1 Å². The number of rotatable bonds is 4. The van der Waals surface area contributed by atoms with Gasteiger partial charge in [-0.1, -0.05) is 47.0 Å². The minimum absolute atomic E-state index is 0.0547. The fourth-order valence-electron chi connectivity index (χ4n) is 2.44. The first-order chi connectivity index (χ1) is 13.1. The van der Waals surface area contributed by atoms with Crippen LogP contribution in [0.25, 0.3) is 5.69 Å². The van der Waals surface area contributed by atoms with Crippen LogP contribution in [0.3, 0.4) is 0 Å². The number of halogens is 2. The zero-order chi connectivity index (χ0) is 20.6. The van der Waals surface area contributed by atoms with Crippen LogP contribution in [0.2, 0.25) is 10.0 Å². The zero-order valence-corrected chi connectivity index (χ0v) is 17.1. The van der Waals surface area contributed by atoms with E-state index in [9.17, 15) is 13.2 Å². The molecule has 0 radical (unpaired) electrons. The van der Waals surface area contributed by atoms with Gasteiger partial charge in [0.2, 0.25) is 11.8 Å². The summed E-state index contributed by atoms with van der Waals surface area (Å²) in [6.07, 6.45) is 0. The molecule has 0 aliphatic rings. The normalized spacial score (nSPS) is 11.4. The van der Waals surface area contributed by atoms with Gasteiger partial charge in [-0.3, -0.25) is 4.79 Å². The van der Waals surface area contributed by atoms with Crippen LogP contribution >= 0.6 is 23.2 Å². The Bertz CT molecular complexity index is 1220. The maximum Gasteiger partial charge on any atom is 0.340 e. The van der Waals surface area contributed by atoms with Gasteiger partial charge in [0.05, 0.1) is 21.3 Å². The lowest BCUT2D eigenvalue weighted by molar-refractivity contribution is 0.472. The van der Waals surface area contributed by atoms with Crippen molar-refractivity contribution in [2.75, 3.05) is 5.73 Å². The minimum atomic E-state index is -4.19. The van der Waals surface area contributed by atoms with Crippen molar-refractivity contribution >= 4 is 39.3 Å². The van der Waals surface area contributed by atoms with Crippen molar-refractivity contribution in [3.8, 4) is 11.6 Å². The Balaban J connectivity index is 2.09. The highest BCUT2D eigenvalue weighted by Crippen LogP contribution is 2.29. The summed E-state index contributed by atoms with van der Waals surface area (Å²) in [6, 6.07) is 10.7. The number of nitrogens with two attached hydrogens (primary N) is 1. The quantitative estimate of drug-likeness (QED) is 0.623. The molecule has 0 atom stereocenters.